The summed E-state index contributed by atoms with van der Waals surface area (Å²) in [6.45, 7) is 4.03. The number of benzene rings is 1. The summed E-state index contributed by atoms with van der Waals surface area (Å²) in [6.07, 6.45) is 0.0611. The van der Waals surface area contributed by atoms with Gasteiger partial charge in [-0.2, -0.15) is 0 Å². The van der Waals surface area contributed by atoms with E-state index in [4.69, 9.17) is 5.11 Å². The molecule has 78 valence electrons. The van der Waals surface area contributed by atoms with Gasteiger partial charge in [0.25, 0.3) is 0 Å². The molecule has 0 fully saturated rings. The van der Waals surface area contributed by atoms with Gasteiger partial charge in [0.1, 0.15) is 0 Å². The Hall–Kier alpha value is -1.22. The lowest BCUT2D eigenvalue weighted by Crippen LogP contribution is -2.01. The van der Waals surface area contributed by atoms with Gasteiger partial charge < -0.3 is 15.3 Å². The number of phenolic OH excluding ortho intramolecular Hbond substituents is 2. The monoisotopic (exact) mass is 196 g/mol. The molecule has 0 radical (unpaired) electrons. The highest BCUT2D eigenvalue weighted by atomic mass is 16.3. The molecular formula is C11H16O3. The highest BCUT2D eigenvalue weighted by molar-refractivity contribution is 5.41. The van der Waals surface area contributed by atoms with Crippen molar-refractivity contribution in [1.82, 2.24) is 0 Å². The van der Waals surface area contributed by atoms with E-state index in [0.717, 1.165) is 0 Å². The van der Waals surface area contributed by atoms with Crippen LogP contribution in [0.1, 0.15) is 31.9 Å². The van der Waals surface area contributed by atoms with E-state index in [1.165, 1.54) is 12.1 Å². The first-order valence-corrected chi connectivity index (χ1v) is 4.70. The maximum absolute atomic E-state index is 9.71. The molecule has 1 aromatic carbocycles. The van der Waals surface area contributed by atoms with Crippen molar-refractivity contribution in [1.29, 1.82) is 0 Å². The van der Waals surface area contributed by atoms with Gasteiger partial charge in [-0.15, -0.1) is 0 Å². The van der Waals surface area contributed by atoms with Gasteiger partial charge in [-0.3, -0.25) is 0 Å². The number of rotatable bonds is 3. The zero-order valence-corrected chi connectivity index (χ0v) is 8.44. The summed E-state index contributed by atoms with van der Waals surface area (Å²) in [5.74, 6) is 0.0387. The van der Waals surface area contributed by atoms with E-state index in [2.05, 4.69) is 0 Å². The zero-order chi connectivity index (χ0) is 10.7. The van der Waals surface area contributed by atoms with Gasteiger partial charge in [0, 0.05) is 0 Å². The van der Waals surface area contributed by atoms with E-state index in [1.54, 1.807) is 6.07 Å². The second-order valence-electron chi connectivity index (χ2n) is 3.89. The molecule has 0 bridgehead atoms. The Balaban J connectivity index is 2.80. The minimum absolute atomic E-state index is 0.162. The molecule has 0 saturated carbocycles. The zero-order valence-electron chi connectivity index (χ0n) is 8.44. The van der Waals surface area contributed by atoms with Crippen molar-refractivity contribution in [2.45, 2.75) is 26.4 Å². The molecule has 14 heavy (non-hydrogen) atoms. The second kappa shape index (κ2) is 4.33. The van der Waals surface area contributed by atoms with E-state index in [0.29, 0.717) is 17.9 Å². The molecule has 1 atom stereocenters. The van der Waals surface area contributed by atoms with E-state index in [-0.39, 0.29) is 11.5 Å². The van der Waals surface area contributed by atoms with Gasteiger partial charge in [-0.05, 0) is 30.0 Å². The van der Waals surface area contributed by atoms with Crippen LogP contribution in [0.4, 0.5) is 0 Å². The molecule has 0 saturated heterocycles. The normalized spacial score (nSPS) is 13.1. The fourth-order valence-corrected chi connectivity index (χ4v) is 1.33. The van der Waals surface area contributed by atoms with Crippen molar-refractivity contribution in [2.75, 3.05) is 0 Å². The van der Waals surface area contributed by atoms with E-state index < -0.39 is 6.10 Å². The molecule has 3 nitrogen and oxygen atoms in total. The van der Waals surface area contributed by atoms with Gasteiger partial charge in [-0.25, -0.2) is 0 Å². The Kier molecular flexibility index (Phi) is 3.36. The lowest BCUT2D eigenvalue weighted by Gasteiger charge is -2.13. The van der Waals surface area contributed by atoms with E-state index in [9.17, 15) is 10.2 Å². The van der Waals surface area contributed by atoms with Gasteiger partial charge in [0.15, 0.2) is 11.5 Å². The van der Waals surface area contributed by atoms with Gasteiger partial charge in [0.2, 0.25) is 0 Å². The number of hydrogen-bond donors (Lipinski definition) is 3. The lowest BCUT2D eigenvalue weighted by molar-refractivity contribution is 0.150. The Bertz CT molecular complexity index is 307. The van der Waals surface area contributed by atoms with E-state index >= 15 is 0 Å². The molecule has 0 spiro atoms. The van der Waals surface area contributed by atoms with Crippen LogP contribution >= 0.6 is 0 Å². The van der Waals surface area contributed by atoms with Crippen molar-refractivity contribution >= 4 is 0 Å². The summed E-state index contributed by atoms with van der Waals surface area (Å²) >= 11 is 0. The van der Waals surface area contributed by atoms with Gasteiger partial charge in [0.05, 0.1) is 6.10 Å². The van der Waals surface area contributed by atoms with Crippen molar-refractivity contribution in [3.63, 3.8) is 0 Å². The smallest absolute Gasteiger partial charge is 0.157 e. The second-order valence-corrected chi connectivity index (χ2v) is 3.89. The van der Waals surface area contributed by atoms with Crippen molar-refractivity contribution < 1.29 is 15.3 Å². The molecule has 1 aromatic rings. The molecule has 0 aromatic heterocycles. The average molecular weight is 196 g/mol. The number of aliphatic hydroxyl groups is 1. The van der Waals surface area contributed by atoms with Crippen LogP contribution in [0, 0.1) is 5.92 Å². The lowest BCUT2D eigenvalue weighted by atomic mass is 9.99. The van der Waals surface area contributed by atoms with Gasteiger partial charge in [-0.1, -0.05) is 19.9 Å². The fourth-order valence-electron chi connectivity index (χ4n) is 1.33. The predicted molar refractivity (Wildman–Crippen MR) is 54.2 cm³/mol. The predicted octanol–water partition coefficient (Wildman–Crippen LogP) is 2.18. The third-order valence-electron chi connectivity index (χ3n) is 2.08. The first kappa shape index (κ1) is 10.9. The van der Waals surface area contributed by atoms with Crippen LogP contribution in [0.2, 0.25) is 0 Å². The first-order valence-electron chi connectivity index (χ1n) is 4.70. The summed E-state index contributed by atoms with van der Waals surface area (Å²) in [4.78, 5) is 0. The molecule has 1 unspecified atom stereocenters. The highest BCUT2D eigenvalue weighted by Gasteiger charge is 2.11. The SMILES string of the molecule is CC(C)CC(O)c1ccc(O)c(O)c1. The first-order chi connectivity index (χ1) is 6.50. The summed E-state index contributed by atoms with van der Waals surface area (Å²) in [7, 11) is 0. The van der Waals surface area contributed by atoms with Crippen LogP contribution in [0.15, 0.2) is 18.2 Å². The molecule has 3 N–H and O–H groups in total. The summed E-state index contributed by atoms with van der Waals surface area (Å²) in [5.41, 5.74) is 0.633. The molecule has 0 heterocycles. The average Bonchev–Trinajstić information content (AvgIpc) is 2.08. The van der Waals surface area contributed by atoms with E-state index in [1.807, 2.05) is 13.8 Å². The minimum atomic E-state index is -0.582. The quantitative estimate of drug-likeness (QED) is 0.649. The van der Waals surface area contributed by atoms with Crippen LogP contribution in [-0.2, 0) is 0 Å². The Morgan fingerprint density at radius 1 is 1.14 bits per heavy atom. The molecular weight excluding hydrogens is 180 g/mol. The van der Waals surface area contributed by atoms with Crippen molar-refractivity contribution in [3.05, 3.63) is 23.8 Å². The standard InChI is InChI=1S/C11H16O3/c1-7(2)5-10(13)8-3-4-9(12)11(14)6-8/h3-4,6-7,10,12-14H,5H2,1-2H3. The van der Waals surface area contributed by atoms with Crippen LogP contribution < -0.4 is 0 Å². The van der Waals surface area contributed by atoms with Gasteiger partial charge >= 0.3 is 0 Å². The minimum Gasteiger partial charge on any atom is -0.504 e. The highest BCUT2D eigenvalue weighted by Crippen LogP contribution is 2.29. The summed E-state index contributed by atoms with van der Waals surface area (Å²) in [5, 5.41) is 28.0. The molecule has 0 aliphatic carbocycles. The number of aromatic hydroxyl groups is 2. The van der Waals surface area contributed by atoms with Crippen molar-refractivity contribution in [3.8, 4) is 11.5 Å². The maximum Gasteiger partial charge on any atom is 0.157 e. The molecule has 0 amide bonds. The number of hydrogen-bond acceptors (Lipinski definition) is 3. The third-order valence-corrected chi connectivity index (χ3v) is 2.08. The largest absolute Gasteiger partial charge is 0.504 e. The van der Waals surface area contributed by atoms with Crippen molar-refractivity contribution in [2.24, 2.45) is 5.92 Å². The van der Waals surface area contributed by atoms with Crippen LogP contribution in [0.25, 0.3) is 0 Å². The molecule has 0 aliphatic rings. The number of phenols is 2. The molecule has 1 rings (SSSR count). The summed E-state index contributed by atoms with van der Waals surface area (Å²) in [6, 6.07) is 4.39. The maximum atomic E-state index is 9.71. The third kappa shape index (κ3) is 2.64. The van der Waals surface area contributed by atoms with Crippen LogP contribution in [0.5, 0.6) is 11.5 Å². The fraction of sp³-hybridized carbons (Fsp3) is 0.455. The van der Waals surface area contributed by atoms with Crippen LogP contribution in [-0.4, -0.2) is 15.3 Å². The Morgan fingerprint density at radius 2 is 1.79 bits per heavy atom. The molecule has 0 aliphatic heterocycles. The van der Waals surface area contributed by atoms with Crippen LogP contribution in [0.3, 0.4) is 0 Å². The number of aliphatic hydroxyl groups excluding tert-OH is 1. The topological polar surface area (TPSA) is 60.7 Å². The Labute approximate surface area is 83.6 Å². The molecule has 3 heteroatoms. The Morgan fingerprint density at radius 3 is 2.29 bits per heavy atom. The summed E-state index contributed by atoms with van der Waals surface area (Å²) < 4.78 is 0.